The lowest BCUT2D eigenvalue weighted by atomic mass is 9.84. The third kappa shape index (κ3) is 3.65. The van der Waals surface area contributed by atoms with Crippen LogP contribution in [-0.4, -0.2) is 48.0 Å². The van der Waals surface area contributed by atoms with Crippen LogP contribution in [0.2, 0.25) is 0 Å². The number of imide groups is 1. The fourth-order valence-electron chi connectivity index (χ4n) is 4.28. The highest BCUT2D eigenvalue weighted by Crippen LogP contribution is 2.41. The number of hydrogen-bond acceptors (Lipinski definition) is 7. The molecular formula is C24H22N4O5S. The maximum atomic E-state index is 13.3. The van der Waals surface area contributed by atoms with Crippen LogP contribution in [0.4, 0.5) is 9.93 Å². The number of fused-ring (bicyclic) bond motifs is 2. The first-order valence-electron chi connectivity index (χ1n) is 10.7. The maximum absolute atomic E-state index is 13.3. The van der Waals surface area contributed by atoms with Crippen molar-refractivity contribution >= 4 is 34.3 Å². The first-order valence-corrected chi connectivity index (χ1v) is 11.5. The van der Waals surface area contributed by atoms with E-state index in [1.807, 2.05) is 31.2 Å². The molecule has 3 heterocycles. The monoisotopic (exact) mass is 478 g/mol. The number of ether oxygens (including phenoxy) is 2. The molecule has 0 aliphatic carbocycles. The quantitative estimate of drug-likeness (QED) is 0.545. The lowest BCUT2D eigenvalue weighted by Gasteiger charge is -2.33. The van der Waals surface area contributed by atoms with Gasteiger partial charge < -0.3 is 20.1 Å². The summed E-state index contributed by atoms with van der Waals surface area (Å²) in [5.41, 5.74) is 1.02. The number of carbonyl (C=O) groups excluding carboxylic acids is 3. The molecule has 2 aliphatic heterocycles. The van der Waals surface area contributed by atoms with E-state index in [0.29, 0.717) is 22.9 Å². The van der Waals surface area contributed by atoms with Crippen LogP contribution in [0.15, 0.2) is 48.5 Å². The van der Waals surface area contributed by atoms with Gasteiger partial charge >= 0.3 is 6.03 Å². The molecule has 1 atom stereocenters. The number of carbonyl (C=O) groups is 3. The number of rotatable bonds is 5. The number of methoxy groups -OCH3 is 1. The second-order valence-corrected chi connectivity index (χ2v) is 9.23. The van der Waals surface area contributed by atoms with Crippen molar-refractivity contribution < 1.29 is 23.9 Å². The van der Waals surface area contributed by atoms with E-state index in [2.05, 4.69) is 15.6 Å². The molecule has 34 heavy (non-hydrogen) atoms. The van der Waals surface area contributed by atoms with E-state index < -0.39 is 29.9 Å². The lowest BCUT2D eigenvalue weighted by molar-refractivity contribution is -0.135. The summed E-state index contributed by atoms with van der Waals surface area (Å²) in [5.74, 6) is 0.329. The zero-order chi connectivity index (χ0) is 23.9. The molecule has 3 aromatic rings. The summed E-state index contributed by atoms with van der Waals surface area (Å²) in [7, 11) is 1.60. The number of hydrogen-bond donors (Lipinski definition) is 2. The van der Waals surface area contributed by atoms with Crippen LogP contribution in [0.5, 0.6) is 11.5 Å². The topological polar surface area (TPSA) is 110 Å². The van der Waals surface area contributed by atoms with Gasteiger partial charge in [-0.1, -0.05) is 18.2 Å². The van der Waals surface area contributed by atoms with Gasteiger partial charge in [-0.2, -0.15) is 0 Å². The Morgan fingerprint density at radius 2 is 2.00 bits per heavy atom. The Kier molecular flexibility index (Phi) is 5.45. The van der Waals surface area contributed by atoms with Gasteiger partial charge in [-0.05, 0) is 37.3 Å². The van der Waals surface area contributed by atoms with Crippen LogP contribution in [0, 0.1) is 6.92 Å². The molecule has 0 unspecified atom stereocenters. The summed E-state index contributed by atoms with van der Waals surface area (Å²) in [5, 5.41) is 5.91. The van der Waals surface area contributed by atoms with Crippen molar-refractivity contribution in [3.8, 4) is 22.8 Å². The Bertz CT molecular complexity index is 1290. The zero-order valence-corrected chi connectivity index (χ0v) is 19.4. The van der Waals surface area contributed by atoms with Crippen LogP contribution in [0.3, 0.4) is 0 Å². The van der Waals surface area contributed by atoms with Crippen LogP contribution >= 0.6 is 11.3 Å². The molecule has 0 bridgehead atoms. The maximum Gasteiger partial charge on any atom is 0.325 e. The number of nitrogens with zero attached hydrogens (tertiary/aromatic N) is 2. The summed E-state index contributed by atoms with van der Waals surface area (Å²) >= 11 is 1.32. The minimum atomic E-state index is -1.22. The standard InChI is InChI=1S/C24H22N4O5S/c1-14-20(15-7-9-16(32-2)10-8-15)26-22(34-14)25-19(29)13-28-21(30)24(27-23(28)31)11-12-33-18-6-4-3-5-17(18)24/h3-10H,11-13H2,1-2H3,(H,27,31)(H,25,26,29)/t24-/m1/s1. The summed E-state index contributed by atoms with van der Waals surface area (Å²) in [6.45, 7) is 1.79. The number of aromatic nitrogens is 1. The van der Waals surface area contributed by atoms with Gasteiger partial charge in [0.05, 0.1) is 19.4 Å². The number of aryl methyl sites for hydroxylation is 1. The summed E-state index contributed by atoms with van der Waals surface area (Å²) in [4.78, 5) is 45.2. The van der Waals surface area contributed by atoms with Crippen LogP contribution < -0.4 is 20.1 Å². The molecule has 1 spiro atoms. The van der Waals surface area contributed by atoms with Crippen molar-refractivity contribution in [1.29, 1.82) is 0 Å². The zero-order valence-electron chi connectivity index (χ0n) is 18.6. The molecule has 4 amide bonds. The van der Waals surface area contributed by atoms with Crippen molar-refractivity contribution in [2.75, 3.05) is 25.6 Å². The highest BCUT2D eigenvalue weighted by Gasteiger charge is 2.55. The van der Waals surface area contributed by atoms with Crippen molar-refractivity contribution in [2.24, 2.45) is 0 Å². The molecule has 5 rings (SSSR count). The molecule has 2 N–H and O–H groups in total. The van der Waals surface area contributed by atoms with E-state index in [4.69, 9.17) is 9.47 Å². The number of thiazole rings is 1. The Morgan fingerprint density at radius 3 is 2.76 bits per heavy atom. The fraction of sp³-hybridized carbons (Fsp3) is 0.250. The largest absolute Gasteiger partial charge is 0.497 e. The van der Waals surface area contributed by atoms with Crippen LogP contribution in [0.1, 0.15) is 16.9 Å². The van der Waals surface area contributed by atoms with Crippen molar-refractivity contribution in [3.63, 3.8) is 0 Å². The highest BCUT2D eigenvalue weighted by molar-refractivity contribution is 7.16. The number of nitrogens with one attached hydrogen (secondary N) is 2. The van der Waals surface area contributed by atoms with E-state index in [1.165, 1.54) is 11.3 Å². The molecule has 0 saturated carbocycles. The van der Waals surface area contributed by atoms with Gasteiger partial charge in [-0.15, -0.1) is 11.3 Å². The predicted octanol–water partition coefficient (Wildman–Crippen LogP) is 3.30. The van der Waals surface area contributed by atoms with Gasteiger partial charge in [0.2, 0.25) is 5.91 Å². The third-order valence-electron chi connectivity index (χ3n) is 5.97. The van der Waals surface area contributed by atoms with Gasteiger partial charge in [0.25, 0.3) is 5.91 Å². The van der Waals surface area contributed by atoms with Gasteiger partial charge in [-0.3, -0.25) is 14.5 Å². The van der Waals surface area contributed by atoms with Gasteiger partial charge in [0, 0.05) is 22.4 Å². The molecule has 9 nitrogen and oxygen atoms in total. The first kappa shape index (κ1) is 21.9. The van der Waals surface area contributed by atoms with E-state index in [9.17, 15) is 14.4 Å². The van der Waals surface area contributed by atoms with Gasteiger partial charge in [-0.25, -0.2) is 9.78 Å². The molecule has 174 valence electrons. The molecule has 2 aromatic carbocycles. The number of para-hydroxylation sites is 1. The van der Waals surface area contributed by atoms with E-state index in [-0.39, 0.29) is 6.61 Å². The second-order valence-electron chi connectivity index (χ2n) is 8.02. The average Bonchev–Trinajstić information content (AvgIpc) is 3.31. The van der Waals surface area contributed by atoms with Crippen molar-refractivity contribution in [3.05, 3.63) is 59.0 Å². The van der Waals surface area contributed by atoms with E-state index in [1.54, 1.807) is 31.4 Å². The van der Waals surface area contributed by atoms with E-state index in [0.717, 1.165) is 26.8 Å². The molecule has 1 fully saturated rings. The number of anilines is 1. The van der Waals surface area contributed by atoms with Crippen molar-refractivity contribution in [1.82, 2.24) is 15.2 Å². The number of urea groups is 1. The Hall–Kier alpha value is -3.92. The van der Waals surface area contributed by atoms with Gasteiger partial charge in [0.1, 0.15) is 18.0 Å². The summed E-state index contributed by atoms with van der Waals surface area (Å²) in [6, 6.07) is 14.0. The van der Waals surface area contributed by atoms with Gasteiger partial charge in [0.15, 0.2) is 10.7 Å². The normalized spacial score (nSPS) is 18.9. The summed E-state index contributed by atoms with van der Waals surface area (Å²) in [6.07, 6.45) is 0.295. The second kappa shape index (κ2) is 8.45. The molecular weight excluding hydrogens is 456 g/mol. The molecule has 1 aromatic heterocycles. The minimum Gasteiger partial charge on any atom is -0.497 e. The van der Waals surface area contributed by atoms with Crippen molar-refractivity contribution in [2.45, 2.75) is 18.9 Å². The Morgan fingerprint density at radius 1 is 1.24 bits per heavy atom. The van der Waals surface area contributed by atoms with Crippen LogP contribution in [0.25, 0.3) is 11.3 Å². The van der Waals surface area contributed by atoms with E-state index >= 15 is 0 Å². The number of amides is 4. The van der Waals surface area contributed by atoms with Crippen LogP contribution in [-0.2, 0) is 15.1 Å². The fourth-order valence-corrected chi connectivity index (χ4v) is 5.14. The predicted molar refractivity (Wildman–Crippen MR) is 126 cm³/mol. The Balaban J connectivity index is 1.31. The third-order valence-corrected chi connectivity index (χ3v) is 6.85. The highest BCUT2D eigenvalue weighted by atomic mass is 32.1. The first-order chi connectivity index (χ1) is 16.4. The molecule has 0 radical (unpaired) electrons. The molecule has 2 aliphatic rings. The molecule has 10 heteroatoms. The Labute approximate surface area is 199 Å². The minimum absolute atomic E-state index is 0.287. The smallest absolute Gasteiger partial charge is 0.325 e. The lowest BCUT2D eigenvalue weighted by Crippen LogP contribution is -2.48. The molecule has 1 saturated heterocycles. The average molecular weight is 479 g/mol. The summed E-state index contributed by atoms with van der Waals surface area (Å²) < 4.78 is 10.8. The number of benzene rings is 2. The SMILES string of the molecule is COc1ccc(-c2nc(NC(=O)CN3C(=O)N[C@@]4(CCOc5ccccc54)C3=O)sc2C)cc1.